The molecule has 1 saturated heterocycles. The van der Waals surface area contributed by atoms with E-state index in [0.29, 0.717) is 24.6 Å². The zero-order chi connectivity index (χ0) is 22.9. The Bertz CT molecular complexity index is 926. The van der Waals surface area contributed by atoms with Gasteiger partial charge in [0.2, 0.25) is 11.8 Å². The van der Waals surface area contributed by atoms with Crippen LogP contribution in [0.4, 0.5) is 0 Å². The number of nitrogens with zero attached hydrogens (tertiary/aromatic N) is 1. The van der Waals surface area contributed by atoms with E-state index in [0.717, 1.165) is 42.5 Å². The van der Waals surface area contributed by atoms with Gasteiger partial charge in [-0.25, -0.2) is 0 Å². The average molecular weight is 454 g/mol. The number of fused-ring (bicyclic) bond motifs is 1. The van der Waals surface area contributed by atoms with Crippen LogP contribution in [0.15, 0.2) is 18.2 Å². The summed E-state index contributed by atoms with van der Waals surface area (Å²) in [5.74, 6) is 1.73. The molecule has 5 rings (SSSR count). The molecular weight excluding hydrogens is 418 g/mol. The maximum Gasteiger partial charge on any atom is 0.255 e. The molecule has 0 spiro atoms. The van der Waals surface area contributed by atoms with Gasteiger partial charge in [-0.15, -0.1) is 0 Å². The maximum atomic E-state index is 12.9. The summed E-state index contributed by atoms with van der Waals surface area (Å²) in [7, 11) is 0. The number of benzene rings is 1. The van der Waals surface area contributed by atoms with Crippen LogP contribution in [0.3, 0.4) is 0 Å². The largest absolute Gasteiger partial charge is 0.489 e. The van der Waals surface area contributed by atoms with E-state index in [1.165, 1.54) is 32.1 Å². The lowest BCUT2D eigenvalue weighted by Gasteiger charge is -2.38. The molecule has 178 valence electrons. The zero-order valence-corrected chi connectivity index (χ0v) is 19.5. The molecule has 0 bridgehead atoms. The summed E-state index contributed by atoms with van der Waals surface area (Å²) in [6, 6.07) is 5.45. The third kappa shape index (κ3) is 4.65. The fourth-order valence-electron chi connectivity index (χ4n) is 5.96. The Kier molecular flexibility index (Phi) is 6.41. The number of piperidine rings is 1. The summed E-state index contributed by atoms with van der Waals surface area (Å²) in [5, 5.41) is 6.15. The third-order valence-electron chi connectivity index (χ3n) is 8.06. The Balaban J connectivity index is 1.21. The third-order valence-corrected chi connectivity index (χ3v) is 8.06. The molecule has 2 saturated carbocycles. The SMILES string of the molecule is CCC1CC(CN[C@H]2CCCC[C@H]2Oc2ccc3c(c2)CN(C2CCC(=O)NC2=O)C3=O)C1. The van der Waals surface area contributed by atoms with E-state index in [1.54, 1.807) is 4.90 Å². The van der Waals surface area contributed by atoms with Crippen molar-refractivity contribution in [1.29, 1.82) is 0 Å². The fourth-order valence-corrected chi connectivity index (χ4v) is 5.96. The number of ether oxygens (including phenoxy) is 1. The molecule has 2 aliphatic heterocycles. The van der Waals surface area contributed by atoms with Gasteiger partial charge < -0.3 is 15.0 Å². The summed E-state index contributed by atoms with van der Waals surface area (Å²) in [6.07, 6.45) is 9.38. The van der Waals surface area contributed by atoms with Crippen LogP contribution in [0.5, 0.6) is 5.75 Å². The summed E-state index contributed by atoms with van der Waals surface area (Å²) in [5.41, 5.74) is 1.52. The second-order valence-electron chi connectivity index (χ2n) is 10.3. The molecule has 4 aliphatic rings. The molecule has 3 amide bonds. The number of carbonyl (C=O) groups is 3. The molecule has 1 aromatic carbocycles. The minimum Gasteiger partial charge on any atom is -0.489 e. The second-order valence-corrected chi connectivity index (χ2v) is 10.3. The van der Waals surface area contributed by atoms with Crippen molar-refractivity contribution in [2.45, 2.75) is 89.4 Å². The summed E-state index contributed by atoms with van der Waals surface area (Å²) >= 11 is 0. The Hall–Kier alpha value is -2.41. The van der Waals surface area contributed by atoms with E-state index < -0.39 is 6.04 Å². The van der Waals surface area contributed by atoms with E-state index in [-0.39, 0.29) is 30.2 Å². The van der Waals surface area contributed by atoms with Crippen LogP contribution in [0, 0.1) is 11.8 Å². The molecule has 2 aliphatic carbocycles. The van der Waals surface area contributed by atoms with E-state index in [1.807, 2.05) is 18.2 Å². The molecule has 0 radical (unpaired) electrons. The smallest absolute Gasteiger partial charge is 0.255 e. The van der Waals surface area contributed by atoms with Crippen molar-refractivity contribution in [2.24, 2.45) is 11.8 Å². The quantitative estimate of drug-likeness (QED) is 0.619. The number of nitrogens with one attached hydrogen (secondary N) is 2. The number of imide groups is 1. The molecule has 33 heavy (non-hydrogen) atoms. The minimum atomic E-state index is -0.585. The Morgan fingerprint density at radius 3 is 2.70 bits per heavy atom. The maximum absolute atomic E-state index is 12.9. The van der Waals surface area contributed by atoms with Crippen LogP contribution in [0.25, 0.3) is 0 Å². The van der Waals surface area contributed by atoms with E-state index >= 15 is 0 Å². The number of amides is 3. The first-order valence-corrected chi connectivity index (χ1v) is 12.7. The number of hydrogen-bond donors (Lipinski definition) is 2. The lowest BCUT2D eigenvalue weighted by molar-refractivity contribution is -0.136. The fraction of sp³-hybridized carbons (Fsp3) is 0.654. The van der Waals surface area contributed by atoms with Crippen LogP contribution < -0.4 is 15.4 Å². The lowest BCUT2D eigenvalue weighted by Crippen LogP contribution is -2.52. The predicted molar refractivity (Wildman–Crippen MR) is 124 cm³/mol. The van der Waals surface area contributed by atoms with Gasteiger partial charge >= 0.3 is 0 Å². The van der Waals surface area contributed by atoms with Crippen LogP contribution >= 0.6 is 0 Å². The van der Waals surface area contributed by atoms with E-state index in [2.05, 4.69) is 17.6 Å². The van der Waals surface area contributed by atoms with Crippen molar-refractivity contribution in [3.63, 3.8) is 0 Å². The molecular formula is C26H35N3O4. The molecule has 3 atom stereocenters. The van der Waals surface area contributed by atoms with Gasteiger partial charge in [0.15, 0.2) is 0 Å². The van der Waals surface area contributed by atoms with Crippen molar-refractivity contribution in [3.8, 4) is 5.75 Å². The first-order chi connectivity index (χ1) is 16.0. The molecule has 2 heterocycles. The molecule has 1 unspecified atom stereocenters. The number of carbonyl (C=O) groups excluding carboxylic acids is 3. The van der Waals surface area contributed by atoms with Gasteiger partial charge in [-0.2, -0.15) is 0 Å². The standard InChI is InChI=1S/C26H35N3O4/c1-2-16-11-17(12-16)14-27-21-5-3-4-6-23(21)33-19-7-8-20-18(13-19)15-29(26(20)32)22-9-10-24(30)28-25(22)31/h7-8,13,16-17,21-23,27H,2-6,9-12,14-15H2,1H3,(H,28,30,31)/t16?,17?,21-,22?,23+/m0/s1. The predicted octanol–water partition coefficient (Wildman–Crippen LogP) is 3.16. The highest BCUT2D eigenvalue weighted by Gasteiger charge is 2.39. The van der Waals surface area contributed by atoms with E-state index in [4.69, 9.17) is 4.74 Å². The van der Waals surface area contributed by atoms with Crippen molar-refractivity contribution < 1.29 is 19.1 Å². The lowest BCUT2D eigenvalue weighted by atomic mass is 9.73. The number of rotatable bonds is 7. The van der Waals surface area contributed by atoms with Crippen molar-refractivity contribution in [3.05, 3.63) is 29.3 Å². The van der Waals surface area contributed by atoms with E-state index in [9.17, 15) is 14.4 Å². The molecule has 7 nitrogen and oxygen atoms in total. The topological polar surface area (TPSA) is 87.7 Å². The molecule has 1 aromatic rings. The van der Waals surface area contributed by atoms with Gasteiger partial charge in [-0.3, -0.25) is 19.7 Å². The van der Waals surface area contributed by atoms with Gasteiger partial charge in [0.05, 0.1) is 0 Å². The summed E-state index contributed by atoms with van der Waals surface area (Å²) < 4.78 is 6.45. The van der Waals surface area contributed by atoms with Crippen molar-refractivity contribution in [2.75, 3.05) is 6.54 Å². The van der Waals surface area contributed by atoms with Gasteiger partial charge in [0.25, 0.3) is 5.91 Å². The van der Waals surface area contributed by atoms with Crippen LogP contribution in [-0.4, -0.2) is 47.4 Å². The van der Waals surface area contributed by atoms with Crippen LogP contribution in [0.1, 0.15) is 80.6 Å². The molecule has 0 aromatic heterocycles. The summed E-state index contributed by atoms with van der Waals surface area (Å²) in [4.78, 5) is 38.2. The average Bonchev–Trinajstić information content (AvgIpc) is 3.09. The van der Waals surface area contributed by atoms with Gasteiger partial charge in [-0.1, -0.05) is 19.8 Å². The highest BCUT2D eigenvalue weighted by molar-refractivity contribution is 6.05. The molecule has 2 N–H and O–H groups in total. The number of hydrogen-bond acceptors (Lipinski definition) is 5. The summed E-state index contributed by atoms with van der Waals surface area (Å²) in [6.45, 7) is 3.75. The molecule has 3 fully saturated rings. The van der Waals surface area contributed by atoms with Crippen molar-refractivity contribution in [1.82, 2.24) is 15.5 Å². The van der Waals surface area contributed by atoms with Crippen LogP contribution in [0.2, 0.25) is 0 Å². The monoisotopic (exact) mass is 453 g/mol. The van der Waals surface area contributed by atoms with Gasteiger partial charge in [0, 0.05) is 24.6 Å². The highest BCUT2D eigenvalue weighted by Crippen LogP contribution is 2.36. The first-order valence-electron chi connectivity index (χ1n) is 12.7. The molecule has 7 heteroatoms. The van der Waals surface area contributed by atoms with Gasteiger partial charge in [-0.05, 0) is 80.7 Å². The normalized spacial score (nSPS) is 31.7. The Morgan fingerprint density at radius 2 is 1.91 bits per heavy atom. The first kappa shape index (κ1) is 22.4. The minimum absolute atomic E-state index is 0.141. The Labute approximate surface area is 195 Å². The second kappa shape index (κ2) is 9.45. The highest BCUT2D eigenvalue weighted by atomic mass is 16.5. The van der Waals surface area contributed by atoms with Gasteiger partial charge in [0.1, 0.15) is 17.9 Å². The van der Waals surface area contributed by atoms with Crippen molar-refractivity contribution >= 4 is 17.7 Å². The zero-order valence-electron chi connectivity index (χ0n) is 19.5. The van der Waals surface area contributed by atoms with Crippen LogP contribution in [-0.2, 0) is 16.1 Å². The Morgan fingerprint density at radius 1 is 1.09 bits per heavy atom.